The van der Waals surface area contributed by atoms with E-state index in [0.29, 0.717) is 19.0 Å². The number of carbonyl (C=O) groups excluding carboxylic acids is 2. The second-order valence-corrected chi connectivity index (χ2v) is 6.39. The Morgan fingerprint density at radius 2 is 2.05 bits per heavy atom. The van der Waals surface area contributed by atoms with Crippen molar-refractivity contribution in [2.24, 2.45) is 5.92 Å². The van der Waals surface area contributed by atoms with E-state index in [2.05, 4.69) is 10.2 Å². The third-order valence-corrected chi connectivity index (χ3v) is 4.32. The van der Waals surface area contributed by atoms with Gasteiger partial charge in [-0.1, -0.05) is 12.8 Å². The number of hydrogen-bond donors (Lipinski definition) is 1. The van der Waals surface area contributed by atoms with Gasteiger partial charge < -0.3 is 15.1 Å². The molecule has 1 saturated heterocycles. The molecule has 0 aromatic heterocycles. The normalized spacial score (nSPS) is 23.9. The van der Waals surface area contributed by atoms with E-state index in [4.69, 9.17) is 0 Å². The number of nitrogens with one attached hydrogen (secondary N) is 1. The summed E-state index contributed by atoms with van der Waals surface area (Å²) in [4.78, 5) is 28.1. The van der Waals surface area contributed by atoms with Crippen LogP contribution in [0.4, 0.5) is 0 Å². The van der Waals surface area contributed by atoms with Crippen LogP contribution in [0.3, 0.4) is 0 Å². The molecule has 114 valence electrons. The minimum absolute atomic E-state index is 0.0837. The fourth-order valence-electron chi connectivity index (χ4n) is 3.13. The van der Waals surface area contributed by atoms with Gasteiger partial charge in [0, 0.05) is 25.6 Å². The number of nitrogens with zero attached hydrogens (tertiary/aromatic N) is 2. The van der Waals surface area contributed by atoms with Crippen LogP contribution in [-0.4, -0.2) is 61.4 Å². The number of likely N-dealkylation sites (tertiary alicyclic amines) is 1. The molecule has 0 aromatic rings. The van der Waals surface area contributed by atoms with Crippen molar-refractivity contribution in [2.45, 2.75) is 44.6 Å². The fraction of sp³-hybridized carbons (Fsp3) is 0.867. The SMILES string of the molecule is CN(C)CCCN1CC(C(=O)NC2CCCC2)CC1=O. The smallest absolute Gasteiger partial charge is 0.225 e. The molecule has 1 aliphatic heterocycles. The lowest BCUT2D eigenvalue weighted by Crippen LogP contribution is -2.38. The Labute approximate surface area is 121 Å². The molecular weight excluding hydrogens is 254 g/mol. The van der Waals surface area contributed by atoms with Crippen LogP contribution >= 0.6 is 0 Å². The highest BCUT2D eigenvalue weighted by atomic mass is 16.2. The zero-order chi connectivity index (χ0) is 14.5. The summed E-state index contributed by atoms with van der Waals surface area (Å²) in [5.74, 6) is 0.0816. The minimum Gasteiger partial charge on any atom is -0.353 e. The number of rotatable bonds is 6. The maximum Gasteiger partial charge on any atom is 0.225 e. The van der Waals surface area contributed by atoms with Crippen LogP contribution in [0, 0.1) is 5.92 Å². The lowest BCUT2D eigenvalue weighted by atomic mass is 10.1. The molecule has 0 radical (unpaired) electrons. The Morgan fingerprint density at radius 3 is 2.70 bits per heavy atom. The van der Waals surface area contributed by atoms with E-state index < -0.39 is 0 Å². The first-order valence-electron chi connectivity index (χ1n) is 7.79. The van der Waals surface area contributed by atoms with Gasteiger partial charge in [0.05, 0.1) is 5.92 Å². The Hall–Kier alpha value is -1.10. The van der Waals surface area contributed by atoms with Crippen LogP contribution in [0.15, 0.2) is 0 Å². The average molecular weight is 281 g/mol. The fourth-order valence-corrected chi connectivity index (χ4v) is 3.13. The van der Waals surface area contributed by atoms with Gasteiger partial charge >= 0.3 is 0 Å². The maximum atomic E-state index is 12.2. The second kappa shape index (κ2) is 7.07. The van der Waals surface area contributed by atoms with Gasteiger partial charge in [-0.05, 0) is 39.9 Å². The predicted molar refractivity (Wildman–Crippen MR) is 78.3 cm³/mol. The summed E-state index contributed by atoms with van der Waals surface area (Å²) in [5.41, 5.74) is 0. The second-order valence-electron chi connectivity index (χ2n) is 6.39. The monoisotopic (exact) mass is 281 g/mol. The Morgan fingerprint density at radius 1 is 1.35 bits per heavy atom. The summed E-state index contributed by atoms with van der Waals surface area (Å²) in [5, 5.41) is 3.11. The van der Waals surface area contributed by atoms with Crippen molar-refractivity contribution in [3.05, 3.63) is 0 Å². The molecular formula is C15H27N3O2. The maximum absolute atomic E-state index is 12.2. The molecule has 1 saturated carbocycles. The Balaban J connectivity index is 1.74. The molecule has 1 heterocycles. The lowest BCUT2D eigenvalue weighted by molar-refractivity contribution is -0.129. The molecule has 1 aliphatic carbocycles. The van der Waals surface area contributed by atoms with Gasteiger partial charge in [-0.3, -0.25) is 9.59 Å². The predicted octanol–water partition coefficient (Wildman–Crippen LogP) is 0.845. The molecule has 5 nitrogen and oxygen atoms in total. The first-order valence-corrected chi connectivity index (χ1v) is 7.79. The zero-order valence-corrected chi connectivity index (χ0v) is 12.7. The van der Waals surface area contributed by atoms with Gasteiger partial charge in [-0.15, -0.1) is 0 Å². The molecule has 1 N–H and O–H groups in total. The molecule has 5 heteroatoms. The summed E-state index contributed by atoms with van der Waals surface area (Å²) >= 11 is 0. The van der Waals surface area contributed by atoms with E-state index in [0.717, 1.165) is 32.4 Å². The van der Waals surface area contributed by atoms with E-state index in [1.54, 1.807) is 0 Å². The largest absolute Gasteiger partial charge is 0.353 e. The standard InChI is InChI=1S/C15H27N3O2/c1-17(2)8-5-9-18-11-12(10-14(18)19)15(20)16-13-6-3-4-7-13/h12-13H,3-11H2,1-2H3,(H,16,20). The minimum atomic E-state index is -0.137. The highest BCUT2D eigenvalue weighted by Crippen LogP contribution is 2.21. The summed E-state index contributed by atoms with van der Waals surface area (Å²) < 4.78 is 0. The quantitative estimate of drug-likeness (QED) is 0.785. The average Bonchev–Trinajstić information content (AvgIpc) is 2.99. The van der Waals surface area contributed by atoms with Gasteiger partial charge in [0.1, 0.15) is 0 Å². The van der Waals surface area contributed by atoms with Crippen molar-refractivity contribution in [1.29, 1.82) is 0 Å². The Kier molecular flexibility index (Phi) is 5.40. The lowest BCUT2D eigenvalue weighted by Gasteiger charge is -2.19. The van der Waals surface area contributed by atoms with Gasteiger partial charge in [-0.25, -0.2) is 0 Å². The van der Waals surface area contributed by atoms with Crippen LogP contribution in [0.2, 0.25) is 0 Å². The highest BCUT2D eigenvalue weighted by molar-refractivity contribution is 5.89. The number of hydrogen-bond acceptors (Lipinski definition) is 3. The van der Waals surface area contributed by atoms with Crippen molar-refractivity contribution >= 4 is 11.8 Å². The van der Waals surface area contributed by atoms with Crippen LogP contribution in [0.1, 0.15) is 38.5 Å². The van der Waals surface area contributed by atoms with Crippen LogP contribution in [0.25, 0.3) is 0 Å². The number of carbonyl (C=O) groups is 2. The van der Waals surface area contributed by atoms with E-state index >= 15 is 0 Å². The highest BCUT2D eigenvalue weighted by Gasteiger charge is 2.34. The van der Waals surface area contributed by atoms with Gasteiger partial charge in [0.2, 0.25) is 11.8 Å². The van der Waals surface area contributed by atoms with Gasteiger partial charge in [0.15, 0.2) is 0 Å². The molecule has 2 amide bonds. The molecule has 0 spiro atoms. The molecule has 1 atom stereocenters. The molecule has 20 heavy (non-hydrogen) atoms. The Bertz CT molecular complexity index is 351. The van der Waals surface area contributed by atoms with E-state index in [9.17, 15) is 9.59 Å². The van der Waals surface area contributed by atoms with Gasteiger partial charge in [0.25, 0.3) is 0 Å². The van der Waals surface area contributed by atoms with Crippen LogP contribution in [0.5, 0.6) is 0 Å². The molecule has 2 rings (SSSR count). The molecule has 2 aliphatic rings. The van der Waals surface area contributed by atoms with Crippen molar-refractivity contribution in [3.8, 4) is 0 Å². The summed E-state index contributed by atoms with van der Waals surface area (Å²) in [6.45, 7) is 2.34. The summed E-state index contributed by atoms with van der Waals surface area (Å²) in [6.07, 6.45) is 5.98. The van der Waals surface area contributed by atoms with Crippen molar-refractivity contribution < 1.29 is 9.59 Å². The van der Waals surface area contributed by atoms with E-state index in [1.165, 1.54) is 12.8 Å². The summed E-state index contributed by atoms with van der Waals surface area (Å²) in [6, 6.07) is 0.348. The van der Waals surface area contributed by atoms with E-state index in [-0.39, 0.29) is 17.7 Å². The van der Waals surface area contributed by atoms with E-state index in [1.807, 2.05) is 19.0 Å². The first kappa shape index (κ1) is 15.3. The van der Waals surface area contributed by atoms with Crippen molar-refractivity contribution in [1.82, 2.24) is 15.1 Å². The first-order chi connectivity index (χ1) is 9.56. The molecule has 0 aromatic carbocycles. The third kappa shape index (κ3) is 4.20. The zero-order valence-electron chi connectivity index (χ0n) is 12.7. The molecule has 1 unspecified atom stereocenters. The number of amides is 2. The molecule has 2 fully saturated rings. The third-order valence-electron chi connectivity index (χ3n) is 4.32. The van der Waals surface area contributed by atoms with Gasteiger partial charge in [-0.2, -0.15) is 0 Å². The van der Waals surface area contributed by atoms with Crippen molar-refractivity contribution in [3.63, 3.8) is 0 Å². The van der Waals surface area contributed by atoms with Crippen LogP contribution in [-0.2, 0) is 9.59 Å². The topological polar surface area (TPSA) is 52.6 Å². The van der Waals surface area contributed by atoms with Crippen LogP contribution < -0.4 is 5.32 Å². The summed E-state index contributed by atoms with van der Waals surface area (Å²) in [7, 11) is 4.06. The molecule has 0 bridgehead atoms. The van der Waals surface area contributed by atoms with Crippen molar-refractivity contribution in [2.75, 3.05) is 33.7 Å².